The Labute approximate surface area is 203 Å². The Hall–Kier alpha value is -2.44. The predicted molar refractivity (Wildman–Crippen MR) is 133 cm³/mol. The maximum absolute atomic E-state index is 13.6. The van der Waals surface area contributed by atoms with Crippen LogP contribution in [0.2, 0.25) is 0 Å². The zero-order valence-corrected chi connectivity index (χ0v) is 21.4. The van der Waals surface area contributed by atoms with Gasteiger partial charge in [-0.3, -0.25) is 9.88 Å². The second-order valence-electron chi connectivity index (χ2n) is 9.38. The van der Waals surface area contributed by atoms with Crippen molar-refractivity contribution in [3.63, 3.8) is 0 Å². The Balaban J connectivity index is 1.99. The molecule has 184 valence electrons. The average molecular weight is 486 g/mol. The van der Waals surface area contributed by atoms with Crippen molar-refractivity contribution in [2.75, 3.05) is 26.7 Å². The van der Waals surface area contributed by atoms with E-state index in [1.807, 2.05) is 46.1 Å². The molecule has 0 saturated carbocycles. The fourth-order valence-electron chi connectivity index (χ4n) is 3.92. The van der Waals surface area contributed by atoms with E-state index in [2.05, 4.69) is 21.7 Å². The number of fused-ring (bicyclic) bond motifs is 1. The molecule has 3 atom stereocenters. The third-order valence-corrected chi connectivity index (χ3v) is 7.86. The van der Waals surface area contributed by atoms with Gasteiger partial charge in [0.05, 0.1) is 6.61 Å². The average Bonchev–Trinajstić information content (AvgIpc) is 2.80. The highest BCUT2D eigenvalue weighted by atomic mass is 32.2. The summed E-state index contributed by atoms with van der Waals surface area (Å²) in [6.45, 7) is 9.01. The van der Waals surface area contributed by atoms with E-state index in [-0.39, 0.29) is 36.0 Å². The van der Waals surface area contributed by atoms with Crippen LogP contribution >= 0.6 is 0 Å². The van der Waals surface area contributed by atoms with E-state index in [9.17, 15) is 13.5 Å². The first-order valence-corrected chi connectivity index (χ1v) is 13.1. The third kappa shape index (κ3) is 6.36. The number of aromatic nitrogens is 1. The van der Waals surface area contributed by atoms with Gasteiger partial charge in [0.2, 0.25) is 10.0 Å². The molecule has 1 aromatic heterocycles. The minimum atomic E-state index is -3.86. The van der Waals surface area contributed by atoms with Crippen LogP contribution in [-0.4, -0.2) is 66.6 Å². The molecule has 0 unspecified atom stereocenters. The van der Waals surface area contributed by atoms with Crippen LogP contribution in [0.15, 0.2) is 47.6 Å². The summed E-state index contributed by atoms with van der Waals surface area (Å²) < 4.78 is 34.9. The lowest BCUT2D eigenvalue weighted by Gasteiger charge is -2.37. The molecular weight excluding hydrogens is 450 g/mol. The smallest absolute Gasteiger partial charge is 0.247 e. The zero-order chi connectivity index (χ0) is 24.9. The number of sulfonamides is 1. The lowest BCUT2D eigenvalue weighted by Crippen LogP contribution is -2.49. The first-order valence-electron chi connectivity index (χ1n) is 11.6. The van der Waals surface area contributed by atoms with E-state index >= 15 is 0 Å². The van der Waals surface area contributed by atoms with Gasteiger partial charge in [-0.1, -0.05) is 38.7 Å². The number of pyridine rings is 1. The van der Waals surface area contributed by atoms with Crippen molar-refractivity contribution < 1.29 is 18.3 Å². The van der Waals surface area contributed by atoms with Crippen LogP contribution in [-0.2, 0) is 16.6 Å². The highest BCUT2D eigenvalue weighted by Crippen LogP contribution is 2.34. The van der Waals surface area contributed by atoms with Gasteiger partial charge in [-0.2, -0.15) is 4.31 Å². The summed E-state index contributed by atoms with van der Waals surface area (Å²) in [5.41, 5.74) is 1.80. The fraction of sp³-hybridized carbons (Fsp3) is 0.500. The van der Waals surface area contributed by atoms with Crippen molar-refractivity contribution in [1.29, 1.82) is 0 Å². The normalized spacial score (nSPS) is 21.1. The minimum Gasteiger partial charge on any atom is -0.487 e. The number of aliphatic hydroxyl groups excluding tert-OH is 1. The highest BCUT2D eigenvalue weighted by molar-refractivity contribution is 7.89. The molecule has 1 N–H and O–H groups in total. The van der Waals surface area contributed by atoms with Crippen molar-refractivity contribution >= 4 is 10.0 Å². The predicted octanol–water partition coefficient (Wildman–Crippen LogP) is 2.99. The molecule has 34 heavy (non-hydrogen) atoms. The maximum Gasteiger partial charge on any atom is 0.247 e. The van der Waals surface area contributed by atoms with Crippen molar-refractivity contribution in [2.24, 2.45) is 11.8 Å². The van der Waals surface area contributed by atoms with Crippen LogP contribution < -0.4 is 4.74 Å². The Morgan fingerprint density at radius 3 is 2.71 bits per heavy atom. The number of ether oxygens (including phenoxy) is 1. The van der Waals surface area contributed by atoms with Gasteiger partial charge in [-0.25, -0.2) is 8.42 Å². The molecule has 1 aromatic carbocycles. The number of aliphatic hydroxyl groups is 1. The molecule has 0 saturated heterocycles. The molecule has 0 bridgehead atoms. The standard InChI is InChI=1S/C26H35N3O4S/c1-19(2)8-9-22-10-11-26-24(13-22)33-25(17-28(5)16-23-7-6-12-27-14-23)20(3)15-29(21(4)18-30)34(26,31)32/h6-7,10-14,19-21,25,30H,15-18H2,1-5H3/t20-,21-,25+/m1/s1. The second kappa shape index (κ2) is 11.3. The summed E-state index contributed by atoms with van der Waals surface area (Å²) in [6, 6.07) is 8.39. The first kappa shape index (κ1) is 26.2. The Morgan fingerprint density at radius 2 is 2.06 bits per heavy atom. The molecule has 0 spiro atoms. The SMILES string of the molecule is CC(C)C#Cc1ccc2c(c1)O[C@@H](CN(C)Cc1cccnc1)[C@H](C)CN([C@H](C)CO)S2(=O)=O. The molecule has 8 heteroatoms. The first-order chi connectivity index (χ1) is 16.1. The van der Waals surface area contributed by atoms with Crippen LogP contribution in [0.3, 0.4) is 0 Å². The molecule has 7 nitrogen and oxygen atoms in total. The van der Waals surface area contributed by atoms with E-state index in [1.54, 1.807) is 31.3 Å². The van der Waals surface area contributed by atoms with Gasteiger partial charge in [0.15, 0.2) is 0 Å². The highest BCUT2D eigenvalue weighted by Gasteiger charge is 2.38. The lowest BCUT2D eigenvalue weighted by molar-refractivity contribution is 0.0733. The minimum absolute atomic E-state index is 0.106. The van der Waals surface area contributed by atoms with Gasteiger partial charge in [-0.15, -0.1) is 0 Å². The van der Waals surface area contributed by atoms with Crippen LogP contribution in [0.4, 0.5) is 0 Å². The molecule has 1 aliphatic heterocycles. The number of nitrogens with zero attached hydrogens (tertiary/aromatic N) is 3. The molecule has 2 aromatic rings. The quantitative estimate of drug-likeness (QED) is 0.634. The number of likely N-dealkylation sites (N-methyl/N-ethyl adjacent to an activating group) is 1. The van der Waals surface area contributed by atoms with Gasteiger partial charge in [0.1, 0.15) is 16.7 Å². The maximum atomic E-state index is 13.6. The number of rotatable bonds is 6. The van der Waals surface area contributed by atoms with E-state index in [0.717, 1.165) is 5.56 Å². The van der Waals surface area contributed by atoms with Crippen LogP contribution in [0.25, 0.3) is 0 Å². The number of benzene rings is 1. The molecule has 0 amide bonds. The van der Waals surface area contributed by atoms with Crippen LogP contribution in [0.5, 0.6) is 5.75 Å². The molecular formula is C26H35N3O4S. The van der Waals surface area contributed by atoms with Gasteiger partial charge in [0.25, 0.3) is 0 Å². The monoisotopic (exact) mass is 485 g/mol. The largest absolute Gasteiger partial charge is 0.487 e. The molecule has 0 radical (unpaired) electrons. The molecule has 3 rings (SSSR count). The summed E-state index contributed by atoms with van der Waals surface area (Å²) in [6.07, 6.45) is 3.32. The van der Waals surface area contributed by atoms with Gasteiger partial charge in [0, 0.05) is 55.5 Å². The van der Waals surface area contributed by atoms with E-state index in [0.29, 0.717) is 24.4 Å². The van der Waals surface area contributed by atoms with Crippen molar-refractivity contribution in [1.82, 2.24) is 14.2 Å². The molecule has 0 aliphatic carbocycles. The van der Waals surface area contributed by atoms with Crippen molar-refractivity contribution in [2.45, 2.75) is 51.3 Å². The van der Waals surface area contributed by atoms with Crippen LogP contribution in [0, 0.1) is 23.7 Å². The van der Waals surface area contributed by atoms with Gasteiger partial charge in [-0.05, 0) is 43.8 Å². The summed E-state index contributed by atoms with van der Waals surface area (Å²) in [5, 5.41) is 9.79. The summed E-state index contributed by atoms with van der Waals surface area (Å²) in [7, 11) is -1.85. The Kier molecular flexibility index (Phi) is 8.72. The summed E-state index contributed by atoms with van der Waals surface area (Å²) in [5.74, 6) is 6.61. The molecule has 2 heterocycles. The molecule has 1 aliphatic rings. The number of hydrogen-bond donors (Lipinski definition) is 1. The Bertz CT molecular complexity index is 1130. The van der Waals surface area contributed by atoms with Gasteiger partial charge >= 0.3 is 0 Å². The number of hydrogen-bond acceptors (Lipinski definition) is 6. The Morgan fingerprint density at radius 1 is 1.29 bits per heavy atom. The van der Waals surface area contributed by atoms with E-state index < -0.39 is 16.1 Å². The summed E-state index contributed by atoms with van der Waals surface area (Å²) in [4.78, 5) is 6.44. The summed E-state index contributed by atoms with van der Waals surface area (Å²) >= 11 is 0. The molecule has 0 fully saturated rings. The van der Waals surface area contributed by atoms with E-state index in [1.165, 1.54) is 4.31 Å². The topological polar surface area (TPSA) is 83.0 Å². The van der Waals surface area contributed by atoms with Crippen molar-refractivity contribution in [3.05, 3.63) is 53.9 Å². The van der Waals surface area contributed by atoms with Crippen molar-refractivity contribution in [3.8, 4) is 17.6 Å². The van der Waals surface area contributed by atoms with Gasteiger partial charge < -0.3 is 9.84 Å². The lowest BCUT2D eigenvalue weighted by atomic mass is 10.0. The van der Waals surface area contributed by atoms with E-state index in [4.69, 9.17) is 4.74 Å². The third-order valence-electron chi connectivity index (χ3n) is 5.84. The van der Waals surface area contributed by atoms with Crippen LogP contribution in [0.1, 0.15) is 38.8 Å². The second-order valence-corrected chi connectivity index (χ2v) is 11.2. The fourth-order valence-corrected chi connectivity index (χ4v) is 5.75. The zero-order valence-electron chi connectivity index (χ0n) is 20.6.